The molecule has 3 rings (SSSR count). The lowest BCUT2D eigenvalue weighted by Crippen LogP contribution is -2.36. The molecule has 0 aliphatic carbocycles. The highest BCUT2D eigenvalue weighted by Gasteiger charge is 2.36. The Bertz CT molecular complexity index is 994. The van der Waals surface area contributed by atoms with Crippen LogP contribution in [0.4, 0.5) is 10.5 Å². The Morgan fingerprint density at radius 1 is 1.18 bits per heavy atom. The van der Waals surface area contributed by atoms with E-state index in [0.717, 1.165) is 16.7 Å². The van der Waals surface area contributed by atoms with Gasteiger partial charge in [0, 0.05) is 10.7 Å². The fourth-order valence-electron chi connectivity index (χ4n) is 2.46. The summed E-state index contributed by atoms with van der Waals surface area (Å²) in [6.07, 6.45) is 1.54. The van der Waals surface area contributed by atoms with Crippen molar-refractivity contribution in [1.82, 2.24) is 4.90 Å². The highest BCUT2D eigenvalue weighted by Crippen LogP contribution is 2.33. The van der Waals surface area contributed by atoms with Gasteiger partial charge >= 0.3 is 0 Å². The SMILES string of the molecule is COc1ccc(NC(=O)CN2C(=O)S/C(=C/c3ccccc3Cl)C2=O)cc1Cl. The molecule has 0 unspecified atom stereocenters. The van der Waals surface area contributed by atoms with Crippen molar-refractivity contribution in [3.8, 4) is 5.75 Å². The first-order valence-corrected chi connectivity index (χ1v) is 9.59. The molecule has 1 aliphatic heterocycles. The Hall–Kier alpha value is -2.48. The Kier molecular flexibility index (Phi) is 6.28. The van der Waals surface area contributed by atoms with Crippen LogP contribution in [0.1, 0.15) is 5.56 Å². The van der Waals surface area contributed by atoms with Gasteiger partial charge in [-0.15, -0.1) is 0 Å². The van der Waals surface area contributed by atoms with E-state index in [4.69, 9.17) is 27.9 Å². The van der Waals surface area contributed by atoms with Gasteiger partial charge in [0.2, 0.25) is 5.91 Å². The minimum absolute atomic E-state index is 0.207. The second-order valence-corrected chi connectivity index (χ2v) is 7.49. The lowest BCUT2D eigenvalue weighted by Gasteiger charge is -2.13. The molecule has 3 amide bonds. The minimum Gasteiger partial charge on any atom is -0.495 e. The summed E-state index contributed by atoms with van der Waals surface area (Å²) in [6, 6.07) is 11.7. The number of thioether (sulfide) groups is 1. The molecule has 9 heteroatoms. The summed E-state index contributed by atoms with van der Waals surface area (Å²) in [5, 5.41) is 2.87. The summed E-state index contributed by atoms with van der Waals surface area (Å²) in [5.74, 6) is -0.601. The van der Waals surface area contributed by atoms with Gasteiger partial charge in [0.25, 0.3) is 11.1 Å². The molecule has 0 atom stereocenters. The number of hydrogen-bond acceptors (Lipinski definition) is 5. The molecule has 0 radical (unpaired) electrons. The third-order valence-corrected chi connectivity index (χ3v) is 5.35. The molecule has 1 N–H and O–H groups in total. The molecule has 6 nitrogen and oxygen atoms in total. The van der Waals surface area contributed by atoms with Crippen molar-refractivity contribution >= 4 is 63.8 Å². The number of anilines is 1. The number of nitrogens with zero attached hydrogens (tertiary/aromatic N) is 1. The Morgan fingerprint density at radius 2 is 1.93 bits per heavy atom. The number of carbonyl (C=O) groups excluding carboxylic acids is 3. The molecule has 0 spiro atoms. The number of nitrogens with one attached hydrogen (secondary N) is 1. The molecule has 1 heterocycles. The number of halogens is 2. The molecular formula is C19H14Cl2N2O4S. The predicted molar refractivity (Wildman–Crippen MR) is 111 cm³/mol. The van der Waals surface area contributed by atoms with E-state index >= 15 is 0 Å². The topological polar surface area (TPSA) is 75.7 Å². The van der Waals surface area contributed by atoms with E-state index in [1.807, 2.05) is 0 Å². The quantitative estimate of drug-likeness (QED) is 0.688. The normalized spacial score (nSPS) is 15.2. The fraction of sp³-hybridized carbons (Fsp3) is 0.105. The molecule has 1 aliphatic rings. The first-order valence-electron chi connectivity index (χ1n) is 8.02. The second-order valence-electron chi connectivity index (χ2n) is 5.69. The predicted octanol–water partition coefficient (Wildman–Crippen LogP) is 4.68. The standard InChI is InChI=1S/C19H14Cl2N2O4S/c1-27-15-7-6-12(9-14(15)21)22-17(24)10-23-18(25)16(28-19(23)26)8-11-4-2-3-5-13(11)20/h2-9H,10H2,1H3,(H,22,24)/b16-8+. The average molecular weight is 437 g/mol. The third-order valence-electron chi connectivity index (χ3n) is 3.80. The van der Waals surface area contributed by atoms with E-state index in [0.29, 0.717) is 27.0 Å². The summed E-state index contributed by atoms with van der Waals surface area (Å²) in [4.78, 5) is 38.0. The summed E-state index contributed by atoms with van der Waals surface area (Å²) in [5.41, 5.74) is 1.04. The van der Waals surface area contributed by atoms with Gasteiger partial charge in [-0.2, -0.15) is 0 Å². The zero-order chi connectivity index (χ0) is 20.3. The molecule has 0 saturated carbocycles. The van der Waals surface area contributed by atoms with E-state index < -0.39 is 23.6 Å². The molecule has 0 aromatic heterocycles. The van der Waals surface area contributed by atoms with Crippen LogP contribution in [0.15, 0.2) is 47.4 Å². The molecular weight excluding hydrogens is 423 g/mol. The van der Waals surface area contributed by atoms with Crippen molar-refractivity contribution in [3.05, 3.63) is 63.0 Å². The number of ether oxygens (including phenoxy) is 1. The fourth-order valence-corrected chi connectivity index (χ4v) is 3.74. The number of methoxy groups -OCH3 is 1. The zero-order valence-electron chi connectivity index (χ0n) is 14.6. The van der Waals surface area contributed by atoms with Crippen molar-refractivity contribution in [2.75, 3.05) is 19.0 Å². The number of imide groups is 1. The van der Waals surface area contributed by atoms with E-state index in [1.54, 1.807) is 36.4 Å². The number of carbonyl (C=O) groups is 3. The highest BCUT2D eigenvalue weighted by molar-refractivity contribution is 8.18. The van der Waals surface area contributed by atoms with Crippen LogP contribution in [0.5, 0.6) is 5.75 Å². The molecule has 2 aromatic carbocycles. The van der Waals surface area contributed by atoms with Gasteiger partial charge in [-0.3, -0.25) is 19.3 Å². The van der Waals surface area contributed by atoms with Gasteiger partial charge < -0.3 is 10.1 Å². The van der Waals surface area contributed by atoms with Crippen LogP contribution in [0.25, 0.3) is 6.08 Å². The number of amides is 3. The Labute approximate surface area is 175 Å². The molecule has 144 valence electrons. The van der Waals surface area contributed by atoms with E-state index in [2.05, 4.69) is 5.32 Å². The third kappa shape index (κ3) is 4.49. The average Bonchev–Trinajstić information content (AvgIpc) is 2.91. The van der Waals surface area contributed by atoms with Crippen LogP contribution >= 0.6 is 35.0 Å². The maximum atomic E-state index is 12.5. The van der Waals surface area contributed by atoms with E-state index in [9.17, 15) is 14.4 Å². The Balaban J connectivity index is 1.69. The maximum absolute atomic E-state index is 12.5. The van der Waals surface area contributed by atoms with Crippen LogP contribution in [-0.2, 0) is 9.59 Å². The maximum Gasteiger partial charge on any atom is 0.294 e. The minimum atomic E-state index is -0.544. The van der Waals surface area contributed by atoms with Gasteiger partial charge in [-0.25, -0.2) is 0 Å². The van der Waals surface area contributed by atoms with Crippen molar-refractivity contribution in [2.24, 2.45) is 0 Å². The van der Waals surface area contributed by atoms with Crippen LogP contribution in [0, 0.1) is 0 Å². The lowest BCUT2D eigenvalue weighted by atomic mass is 10.2. The summed E-state index contributed by atoms with van der Waals surface area (Å²) in [7, 11) is 1.48. The lowest BCUT2D eigenvalue weighted by molar-refractivity contribution is -0.127. The van der Waals surface area contributed by atoms with E-state index in [-0.39, 0.29) is 4.91 Å². The van der Waals surface area contributed by atoms with Gasteiger partial charge in [0.05, 0.1) is 17.0 Å². The summed E-state index contributed by atoms with van der Waals surface area (Å²) >= 11 is 12.9. The van der Waals surface area contributed by atoms with Crippen molar-refractivity contribution in [3.63, 3.8) is 0 Å². The van der Waals surface area contributed by atoms with Crippen LogP contribution in [0.2, 0.25) is 10.0 Å². The van der Waals surface area contributed by atoms with Gasteiger partial charge in [0.1, 0.15) is 12.3 Å². The molecule has 2 aromatic rings. The first-order chi connectivity index (χ1) is 13.4. The number of rotatable bonds is 5. The summed E-state index contributed by atoms with van der Waals surface area (Å²) < 4.78 is 5.05. The number of benzene rings is 2. The molecule has 28 heavy (non-hydrogen) atoms. The smallest absolute Gasteiger partial charge is 0.294 e. The van der Waals surface area contributed by atoms with Gasteiger partial charge in [-0.1, -0.05) is 41.4 Å². The van der Waals surface area contributed by atoms with Crippen molar-refractivity contribution in [2.45, 2.75) is 0 Å². The number of hydrogen-bond donors (Lipinski definition) is 1. The van der Waals surface area contributed by atoms with E-state index in [1.165, 1.54) is 19.3 Å². The van der Waals surface area contributed by atoms with Gasteiger partial charge in [-0.05, 0) is 47.7 Å². The second kappa shape index (κ2) is 8.68. The Morgan fingerprint density at radius 3 is 2.61 bits per heavy atom. The molecule has 1 fully saturated rings. The first kappa shape index (κ1) is 20.3. The monoisotopic (exact) mass is 436 g/mol. The largest absolute Gasteiger partial charge is 0.495 e. The van der Waals surface area contributed by atoms with Crippen LogP contribution < -0.4 is 10.1 Å². The van der Waals surface area contributed by atoms with Gasteiger partial charge in [0.15, 0.2) is 0 Å². The van der Waals surface area contributed by atoms with Crippen molar-refractivity contribution < 1.29 is 19.1 Å². The molecule has 0 bridgehead atoms. The summed E-state index contributed by atoms with van der Waals surface area (Å²) in [6.45, 7) is -0.409. The van der Waals surface area contributed by atoms with Crippen molar-refractivity contribution in [1.29, 1.82) is 0 Å². The van der Waals surface area contributed by atoms with Crippen LogP contribution in [0.3, 0.4) is 0 Å². The van der Waals surface area contributed by atoms with Crippen LogP contribution in [-0.4, -0.2) is 35.6 Å². The molecule has 1 saturated heterocycles. The highest BCUT2D eigenvalue weighted by atomic mass is 35.5. The zero-order valence-corrected chi connectivity index (χ0v) is 16.9.